The van der Waals surface area contributed by atoms with Gasteiger partial charge in [-0.2, -0.15) is 0 Å². The highest BCUT2D eigenvalue weighted by molar-refractivity contribution is 5.35. The van der Waals surface area contributed by atoms with E-state index in [1.54, 1.807) is 12.1 Å². The summed E-state index contributed by atoms with van der Waals surface area (Å²) in [4.78, 5) is 2.63. The van der Waals surface area contributed by atoms with Crippen molar-refractivity contribution >= 4 is 5.69 Å². The molecular weight excluding hydrogens is 198 g/mol. The average Bonchev–Trinajstić information content (AvgIpc) is 2.33. The zero-order valence-corrected chi connectivity index (χ0v) is 8.95. The van der Waals surface area contributed by atoms with E-state index in [0.717, 1.165) is 6.42 Å². The summed E-state index contributed by atoms with van der Waals surface area (Å²) in [5.74, 6) is 0. The number of nitrogens with zero attached hydrogens (tertiary/aromatic N) is 3. The summed E-state index contributed by atoms with van der Waals surface area (Å²) in [6.45, 7) is 3.78. The summed E-state index contributed by atoms with van der Waals surface area (Å²) in [5, 5.41) is 3.39. The van der Waals surface area contributed by atoms with E-state index in [-0.39, 0.29) is 0 Å². The lowest BCUT2D eigenvalue weighted by molar-refractivity contribution is 1.28. The molecule has 0 N–H and O–H groups in total. The lowest BCUT2D eigenvalue weighted by Gasteiger charge is -1.94. The molecule has 0 aromatic heterocycles. The second-order valence-corrected chi connectivity index (χ2v) is 3.17. The third-order valence-electron chi connectivity index (χ3n) is 1.88. The first kappa shape index (κ1) is 11.8. The second kappa shape index (κ2) is 7.10. The second-order valence-electron chi connectivity index (χ2n) is 3.17. The molecule has 1 aromatic rings. The van der Waals surface area contributed by atoms with Crippen molar-refractivity contribution in [3.63, 3.8) is 0 Å². The van der Waals surface area contributed by atoms with Gasteiger partial charge in [-0.1, -0.05) is 71.9 Å². The monoisotopic (exact) mass is 211 g/mol. The molecular formula is C13H13N3. The lowest BCUT2D eigenvalue weighted by Crippen LogP contribution is -1.74. The molecule has 3 nitrogen and oxygen atoms in total. The van der Waals surface area contributed by atoms with E-state index in [1.807, 2.05) is 36.4 Å². The van der Waals surface area contributed by atoms with Crippen molar-refractivity contribution in [3.05, 3.63) is 77.2 Å². The Morgan fingerprint density at radius 1 is 1.19 bits per heavy atom. The summed E-state index contributed by atoms with van der Waals surface area (Å²) < 4.78 is 0. The van der Waals surface area contributed by atoms with Gasteiger partial charge in [0.15, 0.2) is 0 Å². The lowest BCUT2D eigenvalue weighted by atomic mass is 10.1. The molecule has 80 valence electrons. The van der Waals surface area contributed by atoms with Gasteiger partial charge < -0.3 is 0 Å². The van der Waals surface area contributed by atoms with Gasteiger partial charge in [-0.25, -0.2) is 0 Å². The number of benzene rings is 1. The maximum absolute atomic E-state index is 7.98. The molecule has 0 saturated carbocycles. The molecule has 0 radical (unpaired) electrons. The molecule has 0 spiro atoms. The quantitative estimate of drug-likeness (QED) is 0.367. The Kier molecular flexibility index (Phi) is 5.24. The molecule has 0 atom stereocenters. The molecule has 1 aliphatic carbocycles. The van der Waals surface area contributed by atoms with Crippen LogP contribution < -0.4 is 0 Å². The van der Waals surface area contributed by atoms with Gasteiger partial charge in [0.25, 0.3) is 0 Å². The summed E-state index contributed by atoms with van der Waals surface area (Å²) >= 11 is 0. The van der Waals surface area contributed by atoms with Crippen molar-refractivity contribution in [3.8, 4) is 0 Å². The maximum Gasteiger partial charge on any atom is 0.0375 e. The Balaban J connectivity index is 0.000000165. The summed E-state index contributed by atoms with van der Waals surface area (Å²) in [6.07, 6.45) is 9.19. The molecule has 0 unspecified atom stereocenters. The van der Waals surface area contributed by atoms with Gasteiger partial charge in [-0.05, 0) is 12.0 Å². The van der Waals surface area contributed by atoms with Crippen LogP contribution in [0.2, 0.25) is 0 Å². The molecule has 0 amide bonds. The Morgan fingerprint density at radius 2 is 1.94 bits per heavy atom. The predicted molar refractivity (Wildman–Crippen MR) is 67.3 cm³/mol. The molecule has 3 heteroatoms. The molecule has 1 aromatic carbocycles. The van der Waals surface area contributed by atoms with Gasteiger partial charge in [0.05, 0.1) is 0 Å². The Hall–Kier alpha value is -2.25. The zero-order chi connectivity index (χ0) is 11.6. The molecule has 0 bridgehead atoms. The summed E-state index contributed by atoms with van der Waals surface area (Å²) in [5.41, 5.74) is 9.83. The first-order valence-electron chi connectivity index (χ1n) is 4.94. The Bertz CT molecular complexity index is 438. The number of hydrogen-bond donors (Lipinski definition) is 0. The van der Waals surface area contributed by atoms with Crippen LogP contribution in [0, 0.1) is 0 Å². The highest BCUT2D eigenvalue weighted by atomic mass is 15.1. The fourth-order valence-corrected chi connectivity index (χ4v) is 1.10. The van der Waals surface area contributed by atoms with E-state index in [0.29, 0.717) is 5.69 Å². The highest BCUT2D eigenvalue weighted by Crippen LogP contribution is 2.08. The van der Waals surface area contributed by atoms with Crippen molar-refractivity contribution in [2.45, 2.75) is 6.42 Å². The van der Waals surface area contributed by atoms with Crippen LogP contribution in [-0.4, -0.2) is 0 Å². The van der Waals surface area contributed by atoms with Gasteiger partial charge in [0.1, 0.15) is 0 Å². The van der Waals surface area contributed by atoms with Crippen LogP contribution in [-0.2, 0) is 0 Å². The Labute approximate surface area is 95.1 Å². The van der Waals surface area contributed by atoms with Gasteiger partial charge in [0, 0.05) is 10.6 Å². The normalized spacial score (nSPS) is 12.4. The van der Waals surface area contributed by atoms with Crippen molar-refractivity contribution in [2.75, 3.05) is 0 Å². The van der Waals surface area contributed by atoms with E-state index in [4.69, 9.17) is 5.53 Å². The fraction of sp³-hybridized carbons (Fsp3) is 0.0769. The third-order valence-corrected chi connectivity index (χ3v) is 1.88. The highest BCUT2D eigenvalue weighted by Gasteiger charge is 1.84. The first-order chi connectivity index (χ1) is 7.83. The van der Waals surface area contributed by atoms with E-state index < -0.39 is 0 Å². The van der Waals surface area contributed by atoms with E-state index in [9.17, 15) is 0 Å². The number of hydrogen-bond acceptors (Lipinski definition) is 1. The first-order valence-corrected chi connectivity index (χ1v) is 4.94. The van der Waals surface area contributed by atoms with Crippen molar-refractivity contribution in [2.24, 2.45) is 5.11 Å². The molecule has 0 fully saturated rings. The number of azide groups is 1. The van der Waals surface area contributed by atoms with Crippen LogP contribution in [0.4, 0.5) is 5.69 Å². The minimum Gasteiger partial charge on any atom is -0.0955 e. The van der Waals surface area contributed by atoms with Gasteiger partial charge in [0.2, 0.25) is 0 Å². The van der Waals surface area contributed by atoms with Crippen molar-refractivity contribution in [1.29, 1.82) is 0 Å². The summed E-state index contributed by atoms with van der Waals surface area (Å²) in [6, 6.07) is 9.02. The SMILES string of the molecule is C=C1C=CC=CC1.[N-]=[N+]=Nc1ccccc1. The van der Waals surface area contributed by atoms with E-state index in [2.05, 4.69) is 22.7 Å². The molecule has 2 rings (SSSR count). The maximum atomic E-state index is 7.98. The molecule has 0 saturated heterocycles. The third kappa shape index (κ3) is 4.84. The minimum atomic E-state index is 0.653. The van der Waals surface area contributed by atoms with Gasteiger partial charge >= 0.3 is 0 Å². The van der Waals surface area contributed by atoms with Crippen LogP contribution in [0.3, 0.4) is 0 Å². The van der Waals surface area contributed by atoms with Crippen molar-refractivity contribution < 1.29 is 0 Å². The number of allylic oxidation sites excluding steroid dienone is 5. The smallest absolute Gasteiger partial charge is 0.0375 e. The largest absolute Gasteiger partial charge is 0.0955 e. The van der Waals surface area contributed by atoms with Crippen LogP contribution in [0.1, 0.15) is 6.42 Å². The fourth-order valence-electron chi connectivity index (χ4n) is 1.10. The topological polar surface area (TPSA) is 48.8 Å². The van der Waals surface area contributed by atoms with Crippen LogP contribution >= 0.6 is 0 Å². The van der Waals surface area contributed by atoms with Crippen molar-refractivity contribution in [1.82, 2.24) is 0 Å². The van der Waals surface area contributed by atoms with Crippen LogP contribution in [0.5, 0.6) is 0 Å². The van der Waals surface area contributed by atoms with Gasteiger partial charge in [-0.3, -0.25) is 0 Å². The number of rotatable bonds is 1. The molecule has 16 heavy (non-hydrogen) atoms. The predicted octanol–water partition coefficient (Wildman–Crippen LogP) is 4.69. The Morgan fingerprint density at radius 3 is 2.38 bits per heavy atom. The molecule has 0 aliphatic heterocycles. The summed E-state index contributed by atoms with van der Waals surface area (Å²) in [7, 11) is 0. The zero-order valence-electron chi connectivity index (χ0n) is 8.95. The average molecular weight is 211 g/mol. The standard InChI is InChI=1S/C7H8.C6H5N3/c1-7-5-3-2-4-6-7;7-9-8-6-4-2-1-3-5-6/h2-5H,1,6H2;1-5H. The minimum absolute atomic E-state index is 0.653. The molecule has 0 heterocycles. The van der Waals surface area contributed by atoms with E-state index >= 15 is 0 Å². The van der Waals surface area contributed by atoms with Crippen LogP contribution in [0.15, 0.2) is 71.9 Å². The van der Waals surface area contributed by atoms with Crippen LogP contribution in [0.25, 0.3) is 10.4 Å². The van der Waals surface area contributed by atoms with Gasteiger partial charge in [-0.15, -0.1) is 0 Å². The molecule has 1 aliphatic rings. The van der Waals surface area contributed by atoms with E-state index in [1.165, 1.54) is 5.57 Å².